The van der Waals surface area contributed by atoms with Crippen molar-refractivity contribution in [2.75, 3.05) is 5.75 Å². The molecule has 0 bridgehead atoms. The molecule has 1 N–H and O–H groups in total. The van der Waals surface area contributed by atoms with Gasteiger partial charge in [-0.15, -0.1) is 0 Å². The Labute approximate surface area is 110 Å². The second-order valence-corrected chi connectivity index (χ2v) is 7.01. The molecule has 6 heteroatoms. The Morgan fingerprint density at radius 3 is 2.83 bits per heavy atom. The summed E-state index contributed by atoms with van der Waals surface area (Å²) in [5.74, 6) is -1.89. The highest BCUT2D eigenvalue weighted by Gasteiger charge is 2.37. The minimum absolute atomic E-state index is 0.0519. The fraction of sp³-hybridized carbons (Fsp3) is 0.417. The van der Waals surface area contributed by atoms with Gasteiger partial charge in [-0.3, -0.25) is 4.79 Å². The number of hydrogen-bond donors (Lipinski definition) is 1. The summed E-state index contributed by atoms with van der Waals surface area (Å²) in [6.45, 7) is 1.57. The number of rotatable bonds is 3. The van der Waals surface area contributed by atoms with Crippen LogP contribution in [0.25, 0.3) is 0 Å². The number of carboxylic acids is 1. The van der Waals surface area contributed by atoms with Crippen LogP contribution < -0.4 is 0 Å². The topological polar surface area (TPSA) is 71.4 Å². The van der Waals surface area contributed by atoms with E-state index in [4.69, 9.17) is 16.7 Å². The number of aliphatic carboxylic acids is 1. The van der Waals surface area contributed by atoms with Gasteiger partial charge >= 0.3 is 5.97 Å². The maximum atomic E-state index is 12.0. The number of fused-ring (bicyclic) bond motifs is 1. The van der Waals surface area contributed by atoms with E-state index < -0.39 is 21.7 Å². The third-order valence-corrected chi connectivity index (χ3v) is 5.43. The molecule has 0 aromatic heterocycles. The molecule has 18 heavy (non-hydrogen) atoms. The van der Waals surface area contributed by atoms with Crippen molar-refractivity contribution in [3.63, 3.8) is 0 Å². The maximum absolute atomic E-state index is 12.0. The van der Waals surface area contributed by atoms with Crippen molar-refractivity contribution in [1.82, 2.24) is 0 Å². The third kappa shape index (κ3) is 2.24. The lowest BCUT2D eigenvalue weighted by atomic mass is 9.91. The number of halogens is 1. The number of benzene rings is 1. The van der Waals surface area contributed by atoms with E-state index in [1.807, 2.05) is 0 Å². The maximum Gasteiger partial charge on any atom is 0.306 e. The molecule has 4 nitrogen and oxygen atoms in total. The number of hydrogen-bond acceptors (Lipinski definition) is 3. The monoisotopic (exact) mass is 288 g/mol. The van der Waals surface area contributed by atoms with Crippen LogP contribution in [-0.4, -0.2) is 25.2 Å². The van der Waals surface area contributed by atoms with E-state index in [0.717, 1.165) is 0 Å². The average molecular weight is 289 g/mol. The summed E-state index contributed by atoms with van der Waals surface area (Å²) in [7, 11) is -3.33. The van der Waals surface area contributed by atoms with E-state index in [1.165, 1.54) is 6.07 Å². The number of carboxylic acid groups (broad SMARTS) is 1. The van der Waals surface area contributed by atoms with Crippen LogP contribution in [0.1, 0.15) is 24.8 Å². The molecule has 0 spiro atoms. The van der Waals surface area contributed by atoms with Gasteiger partial charge in [0.15, 0.2) is 9.84 Å². The minimum atomic E-state index is -3.33. The lowest BCUT2D eigenvalue weighted by Crippen LogP contribution is -2.15. The highest BCUT2D eigenvalue weighted by atomic mass is 35.5. The van der Waals surface area contributed by atoms with Gasteiger partial charge < -0.3 is 5.11 Å². The Hall–Kier alpha value is -1.07. The van der Waals surface area contributed by atoms with Crippen molar-refractivity contribution in [1.29, 1.82) is 0 Å². The zero-order chi connectivity index (χ0) is 13.5. The van der Waals surface area contributed by atoms with E-state index in [1.54, 1.807) is 19.1 Å². The van der Waals surface area contributed by atoms with Gasteiger partial charge in [-0.2, -0.15) is 0 Å². The molecule has 2 unspecified atom stereocenters. The van der Waals surface area contributed by atoms with Crippen LogP contribution in [0.4, 0.5) is 0 Å². The molecule has 1 heterocycles. The standard InChI is InChI=1S/C12H13ClO4S/c1-7(12(14)15)5-8-6-18(16,17)10-4-2-3-9(13)11(8)10/h2-4,7-8H,5-6H2,1H3,(H,14,15). The second-order valence-electron chi connectivity index (χ2n) is 4.60. The summed E-state index contributed by atoms with van der Waals surface area (Å²) >= 11 is 6.04. The molecule has 0 fully saturated rings. The molecule has 1 aromatic carbocycles. The first-order valence-corrected chi connectivity index (χ1v) is 7.60. The lowest BCUT2D eigenvalue weighted by molar-refractivity contribution is -0.141. The van der Waals surface area contributed by atoms with E-state index >= 15 is 0 Å². The molecular formula is C12H13ClO4S. The fourth-order valence-electron chi connectivity index (χ4n) is 2.34. The number of sulfone groups is 1. The zero-order valence-corrected chi connectivity index (χ0v) is 11.3. The Balaban J connectivity index is 2.42. The highest BCUT2D eigenvalue weighted by molar-refractivity contribution is 7.91. The molecule has 2 atom stereocenters. The summed E-state index contributed by atoms with van der Waals surface area (Å²) in [5.41, 5.74) is 0.576. The molecule has 0 aliphatic carbocycles. The zero-order valence-electron chi connectivity index (χ0n) is 9.76. The van der Waals surface area contributed by atoms with Gasteiger partial charge in [0.05, 0.1) is 16.6 Å². The molecule has 0 saturated carbocycles. The van der Waals surface area contributed by atoms with Crippen LogP contribution in [0.3, 0.4) is 0 Å². The van der Waals surface area contributed by atoms with Gasteiger partial charge in [0, 0.05) is 10.9 Å². The molecule has 2 rings (SSSR count). The van der Waals surface area contributed by atoms with Gasteiger partial charge in [-0.25, -0.2) is 8.42 Å². The summed E-state index contributed by atoms with van der Waals surface area (Å²) in [6.07, 6.45) is 0.283. The van der Waals surface area contributed by atoms with Crippen molar-refractivity contribution in [2.45, 2.75) is 24.2 Å². The molecular weight excluding hydrogens is 276 g/mol. The molecule has 98 valence electrons. The number of carbonyl (C=O) groups is 1. The van der Waals surface area contributed by atoms with Crippen molar-refractivity contribution < 1.29 is 18.3 Å². The molecule has 0 radical (unpaired) electrons. The largest absolute Gasteiger partial charge is 0.481 e. The summed E-state index contributed by atoms with van der Waals surface area (Å²) in [5, 5.41) is 9.31. The van der Waals surface area contributed by atoms with E-state index in [9.17, 15) is 13.2 Å². The van der Waals surface area contributed by atoms with Crippen molar-refractivity contribution in [2.24, 2.45) is 5.92 Å². The molecule has 1 aliphatic heterocycles. The van der Waals surface area contributed by atoms with Crippen LogP contribution in [-0.2, 0) is 14.6 Å². The van der Waals surface area contributed by atoms with Gasteiger partial charge in [-0.1, -0.05) is 24.6 Å². The van der Waals surface area contributed by atoms with Crippen LogP contribution >= 0.6 is 11.6 Å². The molecule has 0 amide bonds. The minimum Gasteiger partial charge on any atom is -0.481 e. The average Bonchev–Trinajstić information content (AvgIpc) is 2.51. The summed E-state index contributed by atoms with van der Waals surface area (Å²) < 4.78 is 23.9. The molecule has 1 aromatic rings. The van der Waals surface area contributed by atoms with Gasteiger partial charge in [0.25, 0.3) is 0 Å². The first-order valence-electron chi connectivity index (χ1n) is 5.57. The van der Waals surface area contributed by atoms with Crippen LogP contribution in [0.2, 0.25) is 5.02 Å². The predicted octanol–water partition coefficient (Wildman–Crippen LogP) is 2.32. The lowest BCUT2D eigenvalue weighted by Gasteiger charge is -2.14. The first kappa shape index (κ1) is 13.4. The van der Waals surface area contributed by atoms with E-state index in [2.05, 4.69) is 0 Å². The Morgan fingerprint density at radius 2 is 2.22 bits per heavy atom. The Morgan fingerprint density at radius 1 is 1.56 bits per heavy atom. The normalized spacial score (nSPS) is 22.4. The highest BCUT2D eigenvalue weighted by Crippen LogP contribution is 2.42. The smallest absolute Gasteiger partial charge is 0.306 e. The van der Waals surface area contributed by atoms with Crippen LogP contribution in [0.15, 0.2) is 23.1 Å². The molecule has 0 saturated heterocycles. The van der Waals surface area contributed by atoms with Gasteiger partial charge in [0.1, 0.15) is 0 Å². The SMILES string of the molecule is CC(CC1CS(=O)(=O)c2cccc(Cl)c21)C(=O)O. The van der Waals surface area contributed by atoms with Crippen LogP contribution in [0.5, 0.6) is 0 Å². The van der Waals surface area contributed by atoms with Crippen LogP contribution in [0, 0.1) is 5.92 Å². The first-order chi connectivity index (χ1) is 8.33. The molecule has 1 aliphatic rings. The second kappa shape index (κ2) is 4.55. The quantitative estimate of drug-likeness (QED) is 0.926. The Bertz CT molecular complexity index is 594. The summed E-state index contributed by atoms with van der Waals surface area (Å²) in [6, 6.07) is 4.77. The van der Waals surface area contributed by atoms with Crippen molar-refractivity contribution in [3.05, 3.63) is 28.8 Å². The van der Waals surface area contributed by atoms with Gasteiger partial charge in [-0.05, 0) is 24.1 Å². The van der Waals surface area contributed by atoms with E-state index in [-0.39, 0.29) is 23.0 Å². The fourth-order valence-corrected chi connectivity index (χ4v) is 4.63. The summed E-state index contributed by atoms with van der Waals surface area (Å²) in [4.78, 5) is 11.1. The Kier molecular flexibility index (Phi) is 3.38. The van der Waals surface area contributed by atoms with Gasteiger partial charge in [0.2, 0.25) is 0 Å². The van der Waals surface area contributed by atoms with E-state index in [0.29, 0.717) is 10.6 Å². The van der Waals surface area contributed by atoms with Crippen molar-refractivity contribution in [3.8, 4) is 0 Å². The van der Waals surface area contributed by atoms with Crippen molar-refractivity contribution >= 4 is 27.4 Å². The third-order valence-electron chi connectivity index (χ3n) is 3.24. The predicted molar refractivity (Wildman–Crippen MR) is 67.7 cm³/mol.